The number of methoxy groups -OCH3 is 1. The largest absolute Gasteiger partial charge is 0.382 e. The van der Waals surface area contributed by atoms with E-state index < -0.39 is 0 Å². The fourth-order valence-corrected chi connectivity index (χ4v) is 2.36. The number of nitrogens with two attached hydrogens (primary N) is 1. The van der Waals surface area contributed by atoms with Gasteiger partial charge in [-0.3, -0.25) is 0 Å². The molecule has 4 heteroatoms. The average Bonchev–Trinajstić information content (AvgIpc) is 2.32. The predicted molar refractivity (Wildman–Crippen MR) is 72.7 cm³/mol. The lowest BCUT2D eigenvalue weighted by Gasteiger charge is -2.39. The summed E-state index contributed by atoms with van der Waals surface area (Å²) in [5, 5.41) is 0. The first-order chi connectivity index (χ1) is 8.55. The molecule has 1 saturated carbocycles. The van der Waals surface area contributed by atoms with Crippen LogP contribution in [0.4, 0.5) is 0 Å². The van der Waals surface area contributed by atoms with Crippen LogP contribution in [0.15, 0.2) is 0 Å². The zero-order valence-electron chi connectivity index (χ0n) is 12.1. The molecule has 18 heavy (non-hydrogen) atoms. The third kappa shape index (κ3) is 6.14. The summed E-state index contributed by atoms with van der Waals surface area (Å²) < 4.78 is 16.2. The number of rotatable bonds is 8. The summed E-state index contributed by atoms with van der Waals surface area (Å²) in [7, 11) is 1.68. The van der Waals surface area contributed by atoms with Crippen molar-refractivity contribution in [3.63, 3.8) is 0 Å². The molecule has 0 aromatic carbocycles. The summed E-state index contributed by atoms with van der Waals surface area (Å²) >= 11 is 0. The lowest BCUT2D eigenvalue weighted by Crippen LogP contribution is -2.44. The van der Waals surface area contributed by atoms with Crippen LogP contribution in [-0.4, -0.2) is 45.7 Å². The highest BCUT2D eigenvalue weighted by Gasteiger charge is 2.33. The molecule has 0 aromatic heterocycles. The van der Waals surface area contributed by atoms with E-state index in [4.69, 9.17) is 19.9 Å². The van der Waals surface area contributed by atoms with Crippen LogP contribution in [0.1, 0.15) is 39.5 Å². The van der Waals surface area contributed by atoms with Gasteiger partial charge in [0.25, 0.3) is 0 Å². The average molecular weight is 259 g/mol. The fourth-order valence-electron chi connectivity index (χ4n) is 2.36. The lowest BCUT2D eigenvalue weighted by molar-refractivity contribution is -0.0281. The third-order valence-corrected chi connectivity index (χ3v) is 3.58. The van der Waals surface area contributed by atoms with Crippen molar-refractivity contribution in [3.05, 3.63) is 0 Å². The zero-order valence-corrected chi connectivity index (χ0v) is 12.1. The maximum atomic E-state index is 6.11. The van der Waals surface area contributed by atoms with Crippen molar-refractivity contribution in [1.29, 1.82) is 0 Å². The van der Waals surface area contributed by atoms with E-state index in [9.17, 15) is 0 Å². The van der Waals surface area contributed by atoms with Gasteiger partial charge in [-0.25, -0.2) is 0 Å². The molecule has 1 aliphatic rings. The summed E-state index contributed by atoms with van der Waals surface area (Å²) in [4.78, 5) is 0. The van der Waals surface area contributed by atoms with Crippen molar-refractivity contribution in [1.82, 2.24) is 0 Å². The predicted octanol–water partition coefficient (Wildman–Crippen LogP) is 1.96. The third-order valence-electron chi connectivity index (χ3n) is 3.58. The van der Waals surface area contributed by atoms with Crippen molar-refractivity contribution >= 4 is 0 Å². The van der Waals surface area contributed by atoms with Gasteiger partial charge in [0.05, 0.1) is 19.3 Å². The van der Waals surface area contributed by atoms with E-state index >= 15 is 0 Å². The van der Waals surface area contributed by atoms with Gasteiger partial charge in [-0.05, 0) is 31.1 Å². The Kier molecular flexibility index (Phi) is 7.15. The Hall–Kier alpha value is -0.160. The lowest BCUT2D eigenvalue weighted by atomic mass is 9.74. The number of hydrogen-bond donors (Lipinski definition) is 1. The van der Waals surface area contributed by atoms with Gasteiger partial charge in [-0.1, -0.05) is 13.8 Å². The minimum atomic E-state index is 0.201. The molecule has 2 N–H and O–H groups in total. The highest BCUT2D eigenvalue weighted by Crippen LogP contribution is 2.35. The summed E-state index contributed by atoms with van der Waals surface area (Å²) in [6, 6.07) is 0.201. The Morgan fingerprint density at radius 1 is 1.17 bits per heavy atom. The van der Waals surface area contributed by atoms with Crippen molar-refractivity contribution in [2.75, 3.05) is 33.5 Å². The molecule has 2 atom stereocenters. The van der Waals surface area contributed by atoms with Gasteiger partial charge in [-0.2, -0.15) is 0 Å². The molecule has 0 amide bonds. The van der Waals surface area contributed by atoms with Crippen LogP contribution in [0, 0.1) is 5.41 Å². The molecule has 0 aromatic rings. The molecular weight excluding hydrogens is 230 g/mol. The summed E-state index contributed by atoms with van der Waals surface area (Å²) in [5.41, 5.74) is 6.48. The standard InChI is InChI=1S/C14H29NO3/c1-14(2)6-5-12(15)13(11-14)18-8-4-7-17-10-9-16-3/h12-13H,4-11,15H2,1-3H3. The fraction of sp³-hybridized carbons (Fsp3) is 1.00. The Morgan fingerprint density at radius 2 is 1.94 bits per heavy atom. The molecule has 0 heterocycles. The number of hydrogen-bond acceptors (Lipinski definition) is 4. The quantitative estimate of drug-likeness (QED) is 0.677. The topological polar surface area (TPSA) is 53.7 Å². The van der Waals surface area contributed by atoms with Gasteiger partial charge >= 0.3 is 0 Å². The molecule has 1 rings (SSSR count). The van der Waals surface area contributed by atoms with Crippen LogP contribution < -0.4 is 5.73 Å². The van der Waals surface area contributed by atoms with E-state index in [0.717, 1.165) is 32.5 Å². The molecule has 1 fully saturated rings. The van der Waals surface area contributed by atoms with Gasteiger partial charge in [0.15, 0.2) is 0 Å². The smallest absolute Gasteiger partial charge is 0.0731 e. The van der Waals surface area contributed by atoms with Crippen LogP contribution in [0.2, 0.25) is 0 Å². The van der Waals surface area contributed by atoms with Crippen LogP contribution in [0.5, 0.6) is 0 Å². The zero-order chi connectivity index (χ0) is 13.4. The second kappa shape index (κ2) is 8.10. The monoisotopic (exact) mass is 259 g/mol. The first-order valence-electron chi connectivity index (χ1n) is 6.99. The first-order valence-corrected chi connectivity index (χ1v) is 6.99. The molecular formula is C14H29NO3. The summed E-state index contributed by atoms with van der Waals surface area (Å²) in [6.07, 6.45) is 4.48. The maximum absolute atomic E-state index is 6.11. The molecule has 0 saturated heterocycles. The summed E-state index contributed by atoms with van der Waals surface area (Å²) in [6.45, 7) is 7.37. The van der Waals surface area contributed by atoms with Crippen LogP contribution in [0.3, 0.4) is 0 Å². The van der Waals surface area contributed by atoms with Crippen molar-refractivity contribution in [2.45, 2.75) is 51.7 Å². The Balaban J connectivity index is 2.07. The van der Waals surface area contributed by atoms with Crippen molar-refractivity contribution in [2.24, 2.45) is 11.1 Å². The minimum Gasteiger partial charge on any atom is -0.382 e. The second-order valence-electron chi connectivity index (χ2n) is 5.94. The van der Waals surface area contributed by atoms with Crippen LogP contribution in [-0.2, 0) is 14.2 Å². The Labute approximate surface area is 111 Å². The second-order valence-corrected chi connectivity index (χ2v) is 5.94. The molecule has 0 spiro atoms. The van der Waals surface area contributed by atoms with Crippen molar-refractivity contribution in [3.8, 4) is 0 Å². The molecule has 0 radical (unpaired) electrons. The maximum Gasteiger partial charge on any atom is 0.0731 e. The SMILES string of the molecule is COCCOCCCOC1CC(C)(C)CCC1N. The van der Waals surface area contributed by atoms with Crippen molar-refractivity contribution < 1.29 is 14.2 Å². The van der Waals surface area contributed by atoms with E-state index in [0.29, 0.717) is 18.6 Å². The highest BCUT2D eigenvalue weighted by molar-refractivity contribution is 4.87. The normalized spacial score (nSPS) is 27.3. The minimum absolute atomic E-state index is 0.201. The molecule has 0 bridgehead atoms. The number of ether oxygens (including phenoxy) is 3. The van der Waals surface area contributed by atoms with E-state index in [-0.39, 0.29) is 12.1 Å². The van der Waals surface area contributed by atoms with Gasteiger partial charge in [0, 0.05) is 26.4 Å². The van der Waals surface area contributed by atoms with E-state index in [1.807, 2.05) is 0 Å². The summed E-state index contributed by atoms with van der Waals surface area (Å²) in [5.74, 6) is 0. The van der Waals surface area contributed by atoms with Crippen LogP contribution in [0.25, 0.3) is 0 Å². The van der Waals surface area contributed by atoms with E-state index in [1.54, 1.807) is 7.11 Å². The molecule has 4 nitrogen and oxygen atoms in total. The van der Waals surface area contributed by atoms with Gasteiger partial charge in [0.1, 0.15) is 0 Å². The molecule has 108 valence electrons. The molecule has 1 aliphatic carbocycles. The molecule has 0 aliphatic heterocycles. The Bertz CT molecular complexity index is 221. The highest BCUT2D eigenvalue weighted by atomic mass is 16.5. The Morgan fingerprint density at radius 3 is 2.67 bits per heavy atom. The van der Waals surface area contributed by atoms with Gasteiger partial charge < -0.3 is 19.9 Å². The molecule has 2 unspecified atom stereocenters. The first kappa shape index (κ1) is 15.9. The van der Waals surface area contributed by atoms with Gasteiger partial charge in [-0.15, -0.1) is 0 Å². The van der Waals surface area contributed by atoms with Gasteiger partial charge in [0.2, 0.25) is 0 Å². The van der Waals surface area contributed by atoms with E-state index in [2.05, 4.69) is 13.8 Å². The van der Waals surface area contributed by atoms with E-state index in [1.165, 1.54) is 6.42 Å². The van der Waals surface area contributed by atoms with Crippen LogP contribution >= 0.6 is 0 Å².